The number of hydrogen-bond acceptors (Lipinski definition) is 11. The molecule has 0 radical (unpaired) electrons. The van der Waals surface area contributed by atoms with Gasteiger partial charge < -0.3 is 52.7 Å². The first-order chi connectivity index (χ1) is 19.8. The monoisotopic (exact) mass is 575 g/mol. The van der Waals surface area contributed by atoms with Gasteiger partial charge in [-0.15, -0.1) is 0 Å². The lowest BCUT2D eigenvalue weighted by atomic mass is 10.2. The Balaban J connectivity index is 1.66. The average molecular weight is 576 g/mol. The van der Waals surface area contributed by atoms with E-state index in [0.29, 0.717) is 125 Å². The zero-order chi connectivity index (χ0) is 28.6. The van der Waals surface area contributed by atoms with Crippen LogP contribution >= 0.6 is 0 Å². The van der Waals surface area contributed by atoms with Crippen LogP contribution in [0, 0.1) is 0 Å². The van der Waals surface area contributed by atoms with Gasteiger partial charge in [0, 0.05) is 13.2 Å². The number of amides is 1. The molecule has 0 aliphatic carbocycles. The Bertz CT molecular complexity index is 654. The van der Waals surface area contributed by atoms with Crippen molar-refractivity contribution in [1.82, 2.24) is 5.32 Å². The fourth-order valence-corrected chi connectivity index (χ4v) is 2.90. The van der Waals surface area contributed by atoms with E-state index in [1.165, 1.54) is 0 Å². The van der Waals surface area contributed by atoms with Gasteiger partial charge in [0.15, 0.2) is 0 Å². The van der Waals surface area contributed by atoms with Gasteiger partial charge in [0.05, 0.1) is 112 Å². The highest BCUT2D eigenvalue weighted by molar-refractivity contribution is 5.67. The zero-order valence-corrected chi connectivity index (χ0v) is 24.0. The molecule has 0 fully saturated rings. The van der Waals surface area contributed by atoms with Crippen LogP contribution in [0.2, 0.25) is 0 Å². The van der Waals surface area contributed by atoms with Crippen molar-refractivity contribution in [2.24, 2.45) is 0 Å². The molecule has 0 bridgehead atoms. The Kier molecular flexibility index (Phi) is 27.2. The van der Waals surface area contributed by atoms with Crippen LogP contribution in [0.15, 0.2) is 30.3 Å². The molecular formula is C28H49NO11. The quantitative estimate of drug-likeness (QED) is 0.136. The highest BCUT2D eigenvalue weighted by atomic mass is 16.6. The molecule has 12 heteroatoms. The lowest BCUT2D eigenvalue weighted by Crippen LogP contribution is -2.28. The van der Waals surface area contributed by atoms with Crippen molar-refractivity contribution in [1.29, 1.82) is 0 Å². The van der Waals surface area contributed by atoms with E-state index in [1.807, 2.05) is 37.3 Å². The van der Waals surface area contributed by atoms with E-state index in [0.717, 1.165) is 5.56 Å². The molecular weight excluding hydrogens is 526 g/mol. The summed E-state index contributed by atoms with van der Waals surface area (Å²) in [4.78, 5) is 11.6. The maximum absolute atomic E-state index is 11.6. The molecule has 0 heterocycles. The van der Waals surface area contributed by atoms with Gasteiger partial charge in [-0.3, -0.25) is 0 Å². The van der Waals surface area contributed by atoms with Crippen LogP contribution in [0.3, 0.4) is 0 Å². The molecule has 0 atom stereocenters. The smallest absolute Gasteiger partial charge is 0.407 e. The minimum atomic E-state index is -0.466. The Morgan fingerprint density at radius 1 is 0.525 bits per heavy atom. The standard InChI is InChI=1S/C28H49NO11/c1-2-31-10-11-33-14-15-35-18-19-37-22-23-39-25-24-38-21-20-36-17-16-34-13-12-32-9-8-29-28(30)40-26-27-6-4-3-5-7-27/h3-7H,2,8-26H2,1H3,(H,29,30). The highest BCUT2D eigenvalue weighted by Crippen LogP contribution is 2.00. The van der Waals surface area contributed by atoms with E-state index in [4.69, 9.17) is 47.4 Å². The van der Waals surface area contributed by atoms with E-state index >= 15 is 0 Å². The fraction of sp³-hybridized carbons (Fsp3) is 0.750. The molecule has 1 aromatic rings. The molecule has 0 aromatic heterocycles. The van der Waals surface area contributed by atoms with Crippen LogP contribution in [-0.4, -0.2) is 132 Å². The SMILES string of the molecule is CCOCCOCCOCCOCCOCCOCCOCCOCCOCCNC(=O)OCc1ccccc1. The van der Waals surface area contributed by atoms with Crippen LogP contribution in [-0.2, 0) is 54.0 Å². The van der Waals surface area contributed by atoms with Crippen molar-refractivity contribution in [3.8, 4) is 0 Å². The van der Waals surface area contributed by atoms with Crippen LogP contribution in [0.1, 0.15) is 12.5 Å². The normalized spacial score (nSPS) is 11.1. The van der Waals surface area contributed by atoms with Crippen molar-refractivity contribution in [3.05, 3.63) is 35.9 Å². The zero-order valence-electron chi connectivity index (χ0n) is 24.0. The third-order valence-electron chi connectivity index (χ3n) is 4.91. The van der Waals surface area contributed by atoms with Crippen LogP contribution in [0.25, 0.3) is 0 Å². The summed E-state index contributed by atoms with van der Waals surface area (Å²) in [6.07, 6.45) is -0.466. The predicted molar refractivity (Wildman–Crippen MR) is 148 cm³/mol. The van der Waals surface area contributed by atoms with E-state index in [1.54, 1.807) is 0 Å². The van der Waals surface area contributed by atoms with Crippen LogP contribution in [0.5, 0.6) is 0 Å². The maximum Gasteiger partial charge on any atom is 0.407 e. The molecule has 1 aromatic carbocycles. The molecule has 0 saturated carbocycles. The summed E-state index contributed by atoms with van der Waals surface area (Å²) in [7, 11) is 0. The molecule has 1 rings (SSSR count). The Hall–Kier alpha value is -1.87. The van der Waals surface area contributed by atoms with Crippen molar-refractivity contribution in [3.63, 3.8) is 0 Å². The lowest BCUT2D eigenvalue weighted by molar-refractivity contribution is -0.0247. The first kappa shape index (κ1) is 36.2. The number of ether oxygens (including phenoxy) is 10. The molecule has 1 amide bonds. The molecule has 0 aliphatic rings. The Labute approximate surface area is 238 Å². The second-order valence-corrected chi connectivity index (χ2v) is 8.08. The van der Waals surface area contributed by atoms with E-state index < -0.39 is 6.09 Å². The minimum Gasteiger partial charge on any atom is -0.445 e. The topological polar surface area (TPSA) is 121 Å². The summed E-state index contributed by atoms with van der Waals surface area (Å²) >= 11 is 0. The van der Waals surface area contributed by atoms with Crippen molar-refractivity contribution in [2.45, 2.75) is 13.5 Å². The fourth-order valence-electron chi connectivity index (χ4n) is 2.90. The maximum atomic E-state index is 11.6. The van der Waals surface area contributed by atoms with Gasteiger partial charge in [0.2, 0.25) is 0 Å². The van der Waals surface area contributed by atoms with E-state index in [9.17, 15) is 4.79 Å². The molecule has 12 nitrogen and oxygen atoms in total. The number of hydrogen-bond donors (Lipinski definition) is 1. The van der Waals surface area contributed by atoms with Gasteiger partial charge in [-0.1, -0.05) is 30.3 Å². The van der Waals surface area contributed by atoms with Crippen LogP contribution in [0.4, 0.5) is 4.79 Å². The second kappa shape index (κ2) is 30.1. The molecule has 0 spiro atoms. The van der Waals surface area contributed by atoms with Gasteiger partial charge in [-0.2, -0.15) is 0 Å². The molecule has 0 saturated heterocycles. The van der Waals surface area contributed by atoms with Gasteiger partial charge in [-0.25, -0.2) is 4.79 Å². The first-order valence-electron chi connectivity index (χ1n) is 14.0. The Morgan fingerprint density at radius 2 is 0.875 bits per heavy atom. The number of rotatable bonds is 30. The Morgan fingerprint density at radius 3 is 1.25 bits per heavy atom. The van der Waals surface area contributed by atoms with Gasteiger partial charge in [-0.05, 0) is 12.5 Å². The molecule has 1 N–H and O–H groups in total. The van der Waals surface area contributed by atoms with Gasteiger partial charge in [0.25, 0.3) is 0 Å². The van der Waals surface area contributed by atoms with E-state index in [-0.39, 0.29) is 6.61 Å². The lowest BCUT2D eigenvalue weighted by Gasteiger charge is -2.09. The summed E-state index contributed by atoms with van der Waals surface area (Å²) in [5, 5.41) is 2.64. The summed E-state index contributed by atoms with van der Waals surface area (Å²) in [5.41, 5.74) is 0.940. The number of alkyl carbamates (subject to hydrolysis) is 1. The third kappa shape index (κ3) is 26.4. The predicted octanol–water partition coefficient (Wildman–Crippen LogP) is 2.08. The minimum absolute atomic E-state index is 0.242. The van der Waals surface area contributed by atoms with Crippen molar-refractivity contribution in [2.75, 3.05) is 125 Å². The number of nitrogens with one attached hydrogen (secondary N) is 1. The molecule has 0 aliphatic heterocycles. The van der Waals surface area contributed by atoms with E-state index in [2.05, 4.69) is 5.32 Å². The van der Waals surface area contributed by atoms with Crippen molar-refractivity contribution >= 4 is 6.09 Å². The summed E-state index contributed by atoms with van der Waals surface area (Å²) in [6, 6.07) is 9.51. The molecule has 0 unspecified atom stereocenters. The molecule has 40 heavy (non-hydrogen) atoms. The number of benzene rings is 1. The first-order valence-corrected chi connectivity index (χ1v) is 14.0. The van der Waals surface area contributed by atoms with Gasteiger partial charge >= 0.3 is 6.09 Å². The van der Waals surface area contributed by atoms with Gasteiger partial charge in [0.1, 0.15) is 6.61 Å². The average Bonchev–Trinajstić information content (AvgIpc) is 2.98. The molecule has 232 valence electrons. The second-order valence-electron chi connectivity index (χ2n) is 8.08. The van der Waals surface area contributed by atoms with Crippen molar-refractivity contribution < 1.29 is 52.2 Å². The summed E-state index contributed by atoms with van der Waals surface area (Å²) < 4.78 is 53.7. The summed E-state index contributed by atoms with van der Waals surface area (Å²) in [5.74, 6) is 0. The summed E-state index contributed by atoms with van der Waals surface area (Å²) in [6.45, 7) is 11.9. The number of carbonyl (C=O) groups excluding carboxylic acids is 1. The number of carbonyl (C=O) groups is 1. The third-order valence-corrected chi connectivity index (χ3v) is 4.91. The highest BCUT2D eigenvalue weighted by Gasteiger charge is 2.01. The largest absolute Gasteiger partial charge is 0.445 e. The van der Waals surface area contributed by atoms with Crippen LogP contribution < -0.4 is 5.32 Å².